The number of benzene rings is 1. The number of para-hydroxylation sites is 1. The summed E-state index contributed by atoms with van der Waals surface area (Å²) in [6.45, 7) is 7.60. The van der Waals surface area contributed by atoms with E-state index in [0.717, 1.165) is 28.9 Å². The van der Waals surface area contributed by atoms with Crippen molar-refractivity contribution >= 4 is 28.6 Å². The Morgan fingerprint density at radius 3 is 2.89 bits per heavy atom. The normalized spacial score (nSPS) is 17.9. The van der Waals surface area contributed by atoms with Crippen molar-refractivity contribution in [3.05, 3.63) is 40.7 Å². The Bertz CT molecular complexity index is 849. The second-order valence-corrected chi connectivity index (χ2v) is 8.14. The molecule has 146 valence electrons. The van der Waals surface area contributed by atoms with E-state index in [4.69, 9.17) is 0 Å². The summed E-state index contributed by atoms with van der Waals surface area (Å²) >= 11 is 1.44. The van der Waals surface area contributed by atoms with Gasteiger partial charge in [-0.15, -0.1) is 11.8 Å². The van der Waals surface area contributed by atoms with Gasteiger partial charge in [-0.1, -0.05) is 24.6 Å². The van der Waals surface area contributed by atoms with Crippen LogP contribution < -0.4 is 10.9 Å². The van der Waals surface area contributed by atoms with Crippen LogP contribution in [0.15, 0.2) is 40.0 Å². The fraction of sp³-hybridized carbons (Fsp3) is 0.524. The first kappa shape index (κ1) is 20.0. The Balaban J connectivity index is 1.57. The number of carbonyl (C=O) groups excluding carboxylic acids is 1. The lowest BCUT2D eigenvalue weighted by Gasteiger charge is -2.33. The zero-order valence-corrected chi connectivity index (χ0v) is 17.1. The number of hydrogen-bond donors (Lipinski definition) is 1. The molecule has 2 aromatic rings. The highest BCUT2D eigenvalue weighted by Crippen LogP contribution is 2.26. The molecule has 0 saturated carbocycles. The van der Waals surface area contributed by atoms with E-state index in [1.807, 2.05) is 31.2 Å². The highest BCUT2D eigenvalue weighted by atomic mass is 32.2. The molecule has 1 amide bonds. The molecule has 0 spiro atoms. The number of amides is 1. The quantitative estimate of drug-likeness (QED) is 0.742. The van der Waals surface area contributed by atoms with Gasteiger partial charge in [-0.2, -0.15) is 0 Å². The molecule has 0 unspecified atom stereocenters. The standard InChI is InChI=1S/C21H29N3O2S/c1-3-24-18-10-5-4-9-17(18)19(14-21(24)26)27-15-20(25)22-11-13-23-12-7-6-8-16(23)2/h4-5,9-10,14,16H,3,6-8,11-13,15H2,1-2H3,(H,22,25)/t16-/m1/s1. The number of thioether (sulfide) groups is 1. The van der Waals surface area contributed by atoms with Crippen LogP contribution in [0, 0.1) is 0 Å². The zero-order chi connectivity index (χ0) is 19.2. The van der Waals surface area contributed by atoms with E-state index in [-0.39, 0.29) is 11.5 Å². The lowest BCUT2D eigenvalue weighted by Crippen LogP contribution is -2.42. The highest BCUT2D eigenvalue weighted by Gasteiger charge is 2.17. The van der Waals surface area contributed by atoms with Crippen LogP contribution in [0.25, 0.3) is 10.9 Å². The molecule has 2 heterocycles. The van der Waals surface area contributed by atoms with Crippen molar-refractivity contribution in [1.29, 1.82) is 0 Å². The van der Waals surface area contributed by atoms with E-state index < -0.39 is 0 Å². The average Bonchev–Trinajstić information content (AvgIpc) is 2.67. The van der Waals surface area contributed by atoms with Gasteiger partial charge in [0.25, 0.3) is 5.56 Å². The second kappa shape index (κ2) is 9.42. The Morgan fingerprint density at radius 1 is 1.30 bits per heavy atom. The van der Waals surface area contributed by atoms with Crippen molar-refractivity contribution < 1.29 is 4.79 Å². The van der Waals surface area contributed by atoms with E-state index in [1.54, 1.807) is 10.6 Å². The first-order valence-electron chi connectivity index (χ1n) is 9.86. The summed E-state index contributed by atoms with van der Waals surface area (Å²) in [6.07, 6.45) is 3.82. The third-order valence-corrected chi connectivity index (χ3v) is 6.37. The summed E-state index contributed by atoms with van der Waals surface area (Å²) in [5.41, 5.74) is 0.910. The maximum absolute atomic E-state index is 12.4. The van der Waals surface area contributed by atoms with Crippen molar-refractivity contribution in [2.75, 3.05) is 25.4 Å². The maximum Gasteiger partial charge on any atom is 0.252 e. The number of nitrogens with zero attached hydrogens (tertiary/aromatic N) is 2. The Labute approximate surface area is 165 Å². The van der Waals surface area contributed by atoms with Gasteiger partial charge in [0.1, 0.15) is 0 Å². The number of carbonyl (C=O) groups is 1. The molecule has 5 nitrogen and oxygen atoms in total. The van der Waals surface area contributed by atoms with E-state index in [0.29, 0.717) is 24.9 Å². The molecule has 1 fully saturated rings. The van der Waals surface area contributed by atoms with Gasteiger partial charge in [0.05, 0.1) is 11.3 Å². The first-order valence-corrected chi connectivity index (χ1v) is 10.8. The Morgan fingerprint density at radius 2 is 2.11 bits per heavy atom. The fourth-order valence-corrected chi connectivity index (χ4v) is 4.67. The molecule has 1 aliphatic rings. The first-order chi connectivity index (χ1) is 13.1. The van der Waals surface area contributed by atoms with Crippen LogP contribution in [0.1, 0.15) is 33.1 Å². The SMILES string of the molecule is CCn1c(=O)cc(SCC(=O)NCCN2CCCC[C@H]2C)c2ccccc21. The van der Waals surface area contributed by atoms with Crippen LogP contribution in [-0.2, 0) is 11.3 Å². The lowest BCUT2D eigenvalue weighted by molar-refractivity contribution is -0.118. The number of fused-ring (bicyclic) bond motifs is 1. The van der Waals surface area contributed by atoms with E-state index in [1.165, 1.54) is 31.0 Å². The van der Waals surface area contributed by atoms with Crippen molar-refractivity contribution in [3.63, 3.8) is 0 Å². The lowest BCUT2D eigenvalue weighted by atomic mass is 10.0. The van der Waals surface area contributed by atoms with Gasteiger partial charge in [-0.05, 0) is 39.3 Å². The molecular weight excluding hydrogens is 358 g/mol. The summed E-state index contributed by atoms with van der Waals surface area (Å²) in [7, 11) is 0. The van der Waals surface area contributed by atoms with Crippen molar-refractivity contribution in [1.82, 2.24) is 14.8 Å². The smallest absolute Gasteiger partial charge is 0.252 e. The molecule has 0 aliphatic carbocycles. The third-order valence-electron chi connectivity index (χ3n) is 5.32. The van der Waals surface area contributed by atoms with Crippen LogP contribution in [0.2, 0.25) is 0 Å². The summed E-state index contributed by atoms with van der Waals surface area (Å²) in [5.74, 6) is 0.350. The molecule has 1 atom stereocenters. The van der Waals surface area contributed by atoms with Crippen LogP contribution in [0.5, 0.6) is 0 Å². The molecule has 3 rings (SSSR count). The average molecular weight is 388 g/mol. The van der Waals surface area contributed by atoms with Crippen LogP contribution in [0.4, 0.5) is 0 Å². The summed E-state index contributed by atoms with van der Waals surface area (Å²) in [5, 5.41) is 4.05. The van der Waals surface area contributed by atoms with E-state index in [9.17, 15) is 9.59 Å². The van der Waals surface area contributed by atoms with Gasteiger partial charge < -0.3 is 9.88 Å². The number of aryl methyl sites for hydroxylation is 1. The minimum Gasteiger partial charge on any atom is -0.354 e. The minimum atomic E-state index is -0.0156. The number of nitrogens with one attached hydrogen (secondary N) is 1. The molecule has 1 N–H and O–H groups in total. The monoisotopic (exact) mass is 387 g/mol. The molecule has 27 heavy (non-hydrogen) atoms. The largest absolute Gasteiger partial charge is 0.354 e. The fourth-order valence-electron chi connectivity index (χ4n) is 3.77. The van der Waals surface area contributed by atoms with Gasteiger partial charge in [-0.25, -0.2) is 0 Å². The van der Waals surface area contributed by atoms with Crippen LogP contribution >= 0.6 is 11.8 Å². The van der Waals surface area contributed by atoms with Gasteiger partial charge in [0.2, 0.25) is 5.91 Å². The third kappa shape index (κ3) is 4.93. The molecule has 1 aliphatic heterocycles. The molecule has 1 aromatic carbocycles. The number of aromatic nitrogens is 1. The van der Waals surface area contributed by atoms with Crippen LogP contribution in [0.3, 0.4) is 0 Å². The number of piperidine rings is 1. The van der Waals surface area contributed by atoms with Gasteiger partial charge in [0.15, 0.2) is 0 Å². The van der Waals surface area contributed by atoms with E-state index in [2.05, 4.69) is 17.1 Å². The topological polar surface area (TPSA) is 54.3 Å². The number of pyridine rings is 1. The summed E-state index contributed by atoms with van der Waals surface area (Å²) in [6, 6.07) is 10.1. The van der Waals surface area contributed by atoms with Gasteiger partial charge in [0, 0.05) is 42.0 Å². The van der Waals surface area contributed by atoms with Crippen molar-refractivity contribution in [2.45, 2.75) is 50.6 Å². The molecule has 6 heteroatoms. The highest BCUT2D eigenvalue weighted by molar-refractivity contribution is 8.00. The predicted octanol–water partition coefficient (Wildman–Crippen LogP) is 3.10. The molecule has 0 bridgehead atoms. The minimum absolute atomic E-state index is 0.0156. The Kier molecular flexibility index (Phi) is 6.96. The van der Waals surface area contributed by atoms with Crippen molar-refractivity contribution in [2.24, 2.45) is 0 Å². The maximum atomic E-state index is 12.4. The number of rotatable bonds is 7. The molecule has 1 aromatic heterocycles. The predicted molar refractivity (Wildman–Crippen MR) is 113 cm³/mol. The summed E-state index contributed by atoms with van der Waals surface area (Å²) in [4.78, 5) is 27.9. The van der Waals surface area contributed by atoms with Crippen LogP contribution in [-0.4, -0.2) is 46.8 Å². The number of hydrogen-bond acceptors (Lipinski definition) is 4. The molecular formula is C21H29N3O2S. The second-order valence-electron chi connectivity index (χ2n) is 7.13. The molecule has 1 saturated heterocycles. The Hall–Kier alpha value is -1.79. The van der Waals surface area contributed by atoms with Gasteiger partial charge in [-0.3, -0.25) is 14.5 Å². The zero-order valence-electron chi connectivity index (χ0n) is 16.2. The van der Waals surface area contributed by atoms with Crippen molar-refractivity contribution in [3.8, 4) is 0 Å². The number of likely N-dealkylation sites (tertiary alicyclic amines) is 1. The summed E-state index contributed by atoms with van der Waals surface area (Å²) < 4.78 is 1.76. The van der Waals surface area contributed by atoms with E-state index >= 15 is 0 Å². The molecule has 0 radical (unpaired) electrons. The van der Waals surface area contributed by atoms with Gasteiger partial charge >= 0.3 is 0 Å².